The number of rotatable bonds is 11. The Labute approximate surface area is 487 Å². The van der Waals surface area contributed by atoms with Crippen LogP contribution in [0.5, 0.6) is 0 Å². The third kappa shape index (κ3) is 8.51. The molecule has 0 saturated carbocycles. The average Bonchev–Trinajstić information content (AvgIpc) is 3.64. The number of fused-ring (bicyclic) bond motifs is 4. The first-order chi connectivity index (χ1) is 41.1. The predicted octanol–water partition coefficient (Wildman–Crippen LogP) is 19.1. The van der Waals surface area contributed by atoms with Gasteiger partial charge in [-0.1, -0.05) is 303 Å². The predicted molar refractivity (Wildman–Crippen MR) is 352 cm³/mol. The van der Waals surface area contributed by atoms with Crippen LogP contribution in [0.1, 0.15) is 23.6 Å². The number of para-hydroxylation sites is 2. The van der Waals surface area contributed by atoms with Gasteiger partial charge in [-0.15, -0.1) is 0 Å². The molecule has 390 valence electrons. The van der Waals surface area contributed by atoms with Gasteiger partial charge in [-0.05, 0) is 109 Å². The van der Waals surface area contributed by atoms with Gasteiger partial charge in [-0.2, -0.15) is 0 Å². The Morgan fingerprint density at radius 1 is 0.241 bits per heavy atom. The Morgan fingerprint density at radius 3 is 0.843 bits per heavy atom. The normalized spacial score (nSPS) is 12.3. The molecule has 0 saturated heterocycles. The average molecular weight is 1060 g/mol. The zero-order valence-electron chi connectivity index (χ0n) is 46.1. The molecule has 0 aromatic heterocycles. The van der Waals surface area contributed by atoms with Crippen LogP contribution in [0.25, 0.3) is 66.8 Å². The van der Waals surface area contributed by atoms with Crippen molar-refractivity contribution in [3.05, 3.63) is 344 Å². The fourth-order valence-corrected chi connectivity index (χ4v) is 13.4. The van der Waals surface area contributed by atoms with Crippen molar-refractivity contribution in [2.75, 3.05) is 9.80 Å². The summed E-state index contributed by atoms with van der Waals surface area (Å²) in [4.78, 5) is 5.32. The maximum Gasteiger partial charge on any atom is 0.252 e. The summed E-state index contributed by atoms with van der Waals surface area (Å²) in [6.07, 6.45) is 0. The lowest BCUT2D eigenvalue weighted by molar-refractivity contribution is 0.693. The second-order valence-electron chi connectivity index (χ2n) is 22.0. The van der Waals surface area contributed by atoms with E-state index in [0.29, 0.717) is 0 Å². The molecule has 0 spiro atoms. The molecule has 2 heterocycles. The van der Waals surface area contributed by atoms with Crippen LogP contribution in [-0.4, -0.2) is 6.71 Å². The van der Waals surface area contributed by atoms with Crippen LogP contribution in [-0.2, 0) is 5.41 Å². The van der Waals surface area contributed by atoms with E-state index < -0.39 is 5.41 Å². The molecule has 2 nitrogen and oxygen atoms in total. The molecule has 0 bridgehead atoms. The lowest BCUT2D eigenvalue weighted by Gasteiger charge is -2.47. The van der Waals surface area contributed by atoms with E-state index in [1.54, 1.807) is 0 Å². The highest BCUT2D eigenvalue weighted by atomic mass is 15.2. The monoisotopic (exact) mass is 1060 g/mol. The molecular weight excluding hydrogens is 1000 g/mol. The maximum absolute atomic E-state index is 2.66. The molecule has 3 heteroatoms. The first kappa shape index (κ1) is 49.6. The summed E-state index contributed by atoms with van der Waals surface area (Å²) in [6.45, 7) is 2.23. The summed E-state index contributed by atoms with van der Waals surface area (Å²) in [5.74, 6) is 0. The SMILES string of the molecule is CC(c1ccccc1)(c1ccccc1)c1cc2c3c(c1)N(c1c(-c4ccccc4)cccc1-c1ccccc1)c1ccc(-c4ccccc4)cc1B3c1cc(-c3ccccc3)ccc1N2c1c(-c2ccccc2)cccc1-c1ccccc1. The summed E-state index contributed by atoms with van der Waals surface area (Å²) in [5.41, 5.74) is 27.5. The molecule has 2 aliphatic rings. The Hall–Kier alpha value is -10.5. The summed E-state index contributed by atoms with van der Waals surface area (Å²) in [7, 11) is 0. The van der Waals surface area contributed by atoms with Crippen LogP contribution >= 0.6 is 0 Å². The van der Waals surface area contributed by atoms with E-state index in [4.69, 9.17) is 0 Å². The van der Waals surface area contributed by atoms with E-state index in [-0.39, 0.29) is 6.71 Å². The summed E-state index contributed by atoms with van der Waals surface area (Å²) >= 11 is 0. The highest BCUT2D eigenvalue weighted by Gasteiger charge is 2.47. The molecular formula is C80H57BN2. The molecule has 0 aliphatic carbocycles. The van der Waals surface area contributed by atoms with Crippen molar-refractivity contribution in [2.45, 2.75) is 12.3 Å². The molecule has 0 N–H and O–H groups in total. The zero-order chi connectivity index (χ0) is 55.3. The first-order valence-electron chi connectivity index (χ1n) is 28.9. The largest absolute Gasteiger partial charge is 0.310 e. The van der Waals surface area contributed by atoms with Crippen LogP contribution in [0.15, 0.2) is 328 Å². The van der Waals surface area contributed by atoms with Crippen LogP contribution < -0.4 is 26.2 Å². The van der Waals surface area contributed by atoms with E-state index in [9.17, 15) is 0 Å². The van der Waals surface area contributed by atoms with E-state index in [0.717, 1.165) is 78.6 Å². The highest BCUT2D eigenvalue weighted by molar-refractivity contribution is 7.00. The van der Waals surface area contributed by atoms with Gasteiger partial charge in [0.25, 0.3) is 6.71 Å². The highest BCUT2D eigenvalue weighted by Crippen LogP contribution is 2.55. The molecule has 0 amide bonds. The van der Waals surface area contributed by atoms with Crippen LogP contribution in [0.4, 0.5) is 34.1 Å². The number of benzene rings is 13. The Bertz CT molecular complexity index is 4080. The second-order valence-corrected chi connectivity index (χ2v) is 22.0. The minimum absolute atomic E-state index is 0.202. The van der Waals surface area contributed by atoms with Crippen LogP contribution in [0, 0.1) is 0 Å². The number of hydrogen-bond donors (Lipinski definition) is 0. The van der Waals surface area contributed by atoms with Crippen molar-refractivity contribution in [3.8, 4) is 66.8 Å². The Morgan fingerprint density at radius 2 is 0.530 bits per heavy atom. The van der Waals surface area contributed by atoms with Gasteiger partial charge >= 0.3 is 0 Å². The van der Waals surface area contributed by atoms with Crippen molar-refractivity contribution in [1.82, 2.24) is 0 Å². The van der Waals surface area contributed by atoms with Crippen molar-refractivity contribution in [1.29, 1.82) is 0 Å². The number of anilines is 6. The van der Waals surface area contributed by atoms with E-state index in [2.05, 4.69) is 344 Å². The molecule has 83 heavy (non-hydrogen) atoms. The summed E-state index contributed by atoms with van der Waals surface area (Å²) in [6, 6.07) is 122. The first-order valence-corrected chi connectivity index (χ1v) is 28.9. The summed E-state index contributed by atoms with van der Waals surface area (Å²) < 4.78 is 0. The van der Waals surface area contributed by atoms with E-state index in [1.807, 2.05) is 0 Å². The van der Waals surface area contributed by atoms with Gasteiger partial charge in [0.2, 0.25) is 0 Å². The van der Waals surface area contributed by atoms with Crippen molar-refractivity contribution in [2.24, 2.45) is 0 Å². The fraction of sp³-hybridized carbons (Fsp3) is 0.0250. The second kappa shape index (κ2) is 20.9. The molecule has 2 aliphatic heterocycles. The molecule has 13 aromatic rings. The quantitative estimate of drug-likeness (QED) is 0.0941. The van der Waals surface area contributed by atoms with Crippen molar-refractivity contribution >= 4 is 57.2 Å². The van der Waals surface area contributed by atoms with Gasteiger partial charge in [0.1, 0.15) is 0 Å². The number of hydrogen-bond acceptors (Lipinski definition) is 2. The molecule has 0 atom stereocenters. The smallest absolute Gasteiger partial charge is 0.252 e. The molecule has 15 rings (SSSR count). The molecule has 0 radical (unpaired) electrons. The van der Waals surface area contributed by atoms with Gasteiger partial charge < -0.3 is 9.80 Å². The van der Waals surface area contributed by atoms with Gasteiger partial charge in [0.15, 0.2) is 0 Å². The number of nitrogens with zero attached hydrogens (tertiary/aromatic N) is 2. The van der Waals surface area contributed by atoms with Gasteiger partial charge in [0.05, 0.1) is 11.4 Å². The van der Waals surface area contributed by atoms with Crippen LogP contribution in [0.2, 0.25) is 0 Å². The third-order valence-electron chi connectivity index (χ3n) is 17.4. The standard InChI is InChI=1S/C80H57BN2/c1-80(64-40-22-8-23-41-64,65-42-24-9-25-43-65)66-54-75-77-76(55-66)83(79-69(60-36-18-6-19-37-60)46-27-47-70(79)61-38-20-7-21-39-61)74-51-49-63(57-30-12-3-13-31-57)53-72(74)81(77)71-52-62(56-28-10-2-11-29-56)48-50-73(71)82(75)78-67(58-32-14-4-15-33-58)44-26-45-68(78)59-34-16-5-17-35-59/h2-55H,1H3. The molecule has 0 fully saturated rings. The summed E-state index contributed by atoms with van der Waals surface area (Å²) in [5, 5.41) is 0. The molecule has 13 aromatic carbocycles. The topological polar surface area (TPSA) is 6.48 Å². The Kier molecular flexibility index (Phi) is 12.5. The fourth-order valence-electron chi connectivity index (χ4n) is 13.4. The van der Waals surface area contributed by atoms with Crippen LogP contribution in [0.3, 0.4) is 0 Å². The minimum Gasteiger partial charge on any atom is -0.310 e. The van der Waals surface area contributed by atoms with Crippen molar-refractivity contribution in [3.63, 3.8) is 0 Å². The van der Waals surface area contributed by atoms with E-state index >= 15 is 0 Å². The van der Waals surface area contributed by atoms with Gasteiger partial charge in [-0.25, -0.2) is 0 Å². The lowest BCUT2D eigenvalue weighted by atomic mass is 9.33. The van der Waals surface area contributed by atoms with Gasteiger partial charge in [-0.3, -0.25) is 0 Å². The minimum atomic E-state index is -0.627. The van der Waals surface area contributed by atoms with E-state index in [1.165, 1.54) is 55.3 Å². The maximum atomic E-state index is 2.66. The molecule has 0 unspecified atom stereocenters. The third-order valence-corrected chi connectivity index (χ3v) is 17.4. The Balaban J connectivity index is 1.16. The van der Waals surface area contributed by atoms with Crippen molar-refractivity contribution < 1.29 is 0 Å². The lowest BCUT2D eigenvalue weighted by Crippen LogP contribution is -2.61. The van der Waals surface area contributed by atoms with Gasteiger partial charge in [0, 0.05) is 50.4 Å². The zero-order valence-corrected chi connectivity index (χ0v) is 46.1.